The monoisotopic (exact) mass is 294 g/mol. The van der Waals surface area contributed by atoms with Gasteiger partial charge in [0.05, 0.1) is 19.1 Å². The lowest BCUT2D eigenvalue weighted by atomic mass is 9.98. The second-order valence-electron chi connectivity index (χ2n) is 4.46. The fourth-order valence-electron chi connectivity index (χ4n) is 1.75. The van der Waals surface area contributed by atoms with Crippen LogP contribution in [-0.2, 0) is 14.3 Å². The lowest BCUT2D eigenvalue weighted by Crippen LogP contribution is -2.64. The topological polar surface area (TPSA) is 183 Å². The maximum absolute atomic E-state index is 11.6. The average molecular weight is 294 g/mol. The third kappa shape index (κ3) is 3.85. The number of nitrogens with one attached hydrogen (secondary N) is 1. The Morgan fingerprint density at radius 3 is 2.30 bits per heavy atom. The molecule has 1 amide bonds. The SMILES string of the molecule is NC(CC(=O)O)C(=O)NC1O[C@H](CO)[C@@H](O)[C@H](O)[C@H]1O. The molecule has 2 unspecified atom stereocenters. The van der Waals surface area contributed by atoms with Crippen molar-refractivity contribution in [3.8, 4) is 0 Å². The van der Waals surface area contributed by atoms with E-state index >= 15 is 0 Å². The second kappa shape index (κ2) is 6.92. The number of carbonyl (C=O) groups is 2. The number of carboxylic acid groups (broad SMARTS) is 1. The number of rotatable bonds is 5. The van der Waals surface area contributed by atoms with E-state index in [9.17, 15) is 24.9 Å². The lowest BCUT2D eigenvalue weighted by molar-refractivity contribution is -0.236. The van der Waals surface area contributed by atoms with Gasteiger partial charge in [0.2, 0.25) is 5.91 Å². The molecule has 0 aromatic heterocycles. The highest BCUT2D eigenvalue weighted by Gasteiger charge is 2.44. The molecule has 0 aromatic rings. The van der Waals surface area contributed by atoms with Gasteiger partial charge in [-0.15, -0.1) is 0 Å². The highest BCUT2D eigenvalue weighted by Crippen LogP contribution is 2.19. The first-order valence-electron chi connectivity index (χ1n) is 5.86. The van der Waals surface area contributed by atoms with E-state index in [0.29, 0.717) is 0 Å². The molecular weight excluding hydrogens is 276 g/mol. The molecule has 1 rings (SSSR count). The summed E-state index contributed by atoms with van der Waals surface area (Å²) >= 11 is 0. The molecule has 20 heavy (non-hydrogen) atoms. The Morgan fingerprint density at radius 2 is 1.80 bits per heavy atom. The van der Waals surface area contributed by atoms with E-state index in [1.807, 2.05) is 0 Å². The molecule has 0 radical (unpaired) electrons. The minimum absolute atomic E-state index is 0.622. The van der Waals surface area contributed by atoms with E-state index in [4.69, 9.17) is 20.7 Å². The maximum Gasteiger partial charge on any atom is 0.305 e. The number of ether oxygens (including phenoxy) is 1. The molecule has 0 bridgehead atoms. The van der Waals surface area contributed by atoms with Crippen molar-refractivity contribution in [1.82, 2.24) is 5.32 Å². The third-order valence-corrected chi connectivity index (χ3v) is 2.91. The largest absolute Gasteiger partial charge is 0.481 e. The van der Waals surface area contributed by atoms with Gasteiger partial charge >= 0.3 is 5.97 Å². The molecule has 10 heteroatoms. The van der Waals surface area contributed by atoms with Crippen LogP contribution in [0, 0.1) is 0 Å². The predicted molar refractivity (Wildman–Crippen MR) is 62.1 cm³/mol. The van der Waals surface area contributed by atoms with E-state index in [1.54, 1.807) is 0 Å². The fourth-order valence-corrected chi connectivity index (χ4v) is 1.75. The van der Waals surface area contributed by atoms with Crippen LogP contribution < -0.4 is 11.1 Å². The smallest absolute Gasteiger partial charge is 0.305 e. The Bertz CT molecular complexity index is 363. The van der Waals surface area contributed by atoms with Gasteiger partial charge in [-0.1, -0.05) is 0 Å². The molecule has 6 atom stereocenters. The first-order chi connectivity index (χ1) is 9.27. The van der Waals surface area contributed by atoms with Crippen LogP contribution in [0.1, 0.15) is 6.42 Å². The molecule has 0 aromatic carbocycles. The molecule has 0 aliphatic carbocycles. The minimum atomic E-state index is -1.64. The van der Waals surface area contributed by atoms with E-state index in [0.717, 1.165) is 0 Å². The van der Waals surface area contributed by atoms with Crippen LogP contribution in [0.4, 0.5) is 0 Å². The van der Waals surface area contributed by atoms with Crippen LogP contribution in [0.2, 0.25) is 0 Å². The molecule has 1 aliphatic heterocycles. The summed E-state index contributed by atoms with van der Waals surface area (Å²) in [6.07, 6.45) is -8.04. The van der Waals surface area contributed by atoms with Crippen molar-refractivity contribution in [2.24, 2.45) is 5.73 Å². The molecular formula is C10H18N2O8. The zero-order valence-corrected chi connectivity index (χ0v) is 10.4. The van der Waals surface area contributed by atoms with Crippen molar-refractivity contribution in [3.05, 3.63) is 0 Å². The number of amides is 1. The zero-order valence-electron chi connectivity index (χ0n) is 10.4. The number of nitrogens with two attached hydrogens (primary N) is 1. The van der Waals surface area contributed by atoms with Gasteiger partial charge in [0.25, 0.3) is 0 Å². The molecule has 1 heterocycles. The van der Waals surface area contributed by atoms with Gasteiger partial charge in [0, 0.05) is 0 Å². The van der Waals surface area contributed by atoms with E-state index in [2.05, 4.69) is 5.32 Å². The summed E-state index contributed by atoms with van der Waals surface area (Å²) in [5.41, 5.74) is 5.32. The van der Waals surface area contributed by atoms with Crippen LogP contribution in [0.15, 0.2) is 0 Å². The lowest BCUT2D eigenvalue weighted by Gasteiger charge is -2.40. The molecule has 0 spiro atoms. The van der Waals surface area contributed by atoms with Crippen molar-refractivity contribution in [1.29, 1.82) is 0 Å². The van der Waals surface area contributed by atoms with Gasteiger partial charge in [-0.2, -0.15) is 0 Å². The third-order valence-electron chi connectivity index (χ3n) is 2.91. The second-order valence-corrected chi connectivity index (χ2v) is 4.46. The van der Waals surface area contributed by atoms with Crippen LogP contribution in [0.5, 0.6) is 0 Å². The molecule has 116 valence electrons. The zero-order chi connectivity index (χ0) is 15.4. The van der Waals surface area contributed by atoms with Crippen LogP contribution in [0.3, 0.4) is 0 Å². The fraction of sp³-hybridized carbons (Fsp3) is 0.800. The van der Waals surface area contributed by atoms with Gasteiger partial charge in [0.1, 0.15) is 24.4 Å². The van der Waals surface area contributed by atoms with Crippen molar-refractivity contribution >= 4 is 11.9 Å². The molecule has 10 nitrogen and oxygen atoms in total. The minimum Gasteiger partial charge on any atom is -0.481 e. The number of hydrogen-bond acceptors (Lipinski definition) is 8. The van der Waals surface area contributed by atoms with E-state index in [-0.39, 0.29) is 0 Å². The number of aliphatic hydroxyl groups excluding tert-OH is 4. The Morgan fingerprint density at radius 1 is 1.20 bits per heavy atom. The summed E-state index contributed by atoms with van der Waals surface area (Å²) in [6, 6.07) is -1.36. The molecule has 1 saturated heterocycles. The summed E-state index contributed by atoms with van der Waals surface area (Å²) in [6.45, 7) is -0.640. The summed E-state index contributed by atoms with van der Waals surface area (Å²) in [5.74, 6) is -2.18. The maximum atomic E-state index is 11.6. The normalized spacial score (nSPS) is 35.4. The van der Waals surface area contributed by atoms with Gasteiger partial charge in [-0.25, -0.2) is 0 Å². The van der Waals surface area contributed by atoms with Gasteiger partial charge in [0.15, 0.2) is 6.23 Å². The summed E-state index contributed by atoms with van der Waals surface area (Å²) in [7, 11) is 0. The van der Waals surface area contributed by atoms with Crippen molar-refractivity contribution in [2.75, 3.05) is 6.61 Å². The highest BCUT2D eigenvalue weighted by atomic mass is 16.6. The number of carboxylic acids is 1. The summed E-state index contributed by atoms with van der Waals surface area (Å²) < 4.78 is 5.01. The number of aliphatic carboxylic acids is 1. The Hall–Kier alpha value is -1.30. The average Bonchev–Trinajstić information content (AvgIpc) is 2.38. The van der Waals surface area contributed by atoms with Crippen LogP contribution in [-0.4, -0.2) is 80.7 Å². The molecule has 8 N–H and O–H groups in total. The Kier molecular flexibility index (Phi) is 5.80. The van der Waals surface area contributed by atoms with Crippen LogP contribution in [0.25, 0.3) is 0 Å². The van der Waals surface area contributed by atoms with Gasteiger partial charge in [-0.05, 0) is 0 Å². The predicted octanol–water partition coefficient (Wildman–Crippen LogP) is -4.30. The number of carbonyl (C=O) groups excluding carboxylic acids is 1. The van der Waals surface area contributed by atoms with Crippen molar-refractivity contribution in [3.63, 3.8) is 0 Å². The van der Waals surface area contributed by atoms with Crippen LogP contribution >= 0.6 is 0 Å². The van der Waals surface area contributed by atoms with Gasteiger partial charge < -0.3 is 41.3 Å². The molecule has 0 saturated carbocycles. The van der Waals surface area contributed by atoms with Crippen molar-refractivity contribution < 1.29 is 39.9 Å². The highest BCUT2D eigenvalue weighted by molar-refractivity contribution is 5.86. The summed E-state index contributed by atoms with van der Waals surface area (Å²) in [5, 5.41) is 48.2. The van der Waals surface area contributed by atoms with E-state index < -0.39 is 61.6 Å². The van der Waals surface area contributed by atoms with E-state index in [1.165, 1.54) is 0 Å². The van der Waals surface area contributed by atoms with Gasteiger partial charge in [-0.3, -0.25) is 9.59 Å². The Labute approximate surface area is 113 Å². The first-order valence-corrected chi connectivity index (χ1v) is 5.86. The number of hydrogen-bond donors (Lipinski definition) is 7. The Balaban J connectivity index is 2.66. The quantitative estimate of drug-likeness (QED) is 0.263. The standard InChI is InChI=1S/C10H18N2O8/c11-3(1-5(14)15)9(19)12-10-8(18)7(17)6(16)4(2-13)20-10/h3-4,6-8,10,13,16-18H,1-2,11H2,(H,12,19)(H,14,15)/t3?,4-,6-,7+,8-,10?/m1/s1. The van der Waals surface area contributed by atoms with Crippen molar-refractivity contribution in [2.45, 2.75) is 43.1 Å². The number of aliphatic hydroxyl groups is 4. The summed E-state index contributed by atoms with van der Waals surface area (Å²) in [4.78, 5) is 22.0. The first kappa shape index (κ1) is 16.8. The molecule has 1 aliphatic rings. The molecule has 1 fully saturated rings.